The fraction of sp³-hybridized carbons (Fsp3) is 0.455. The number of rotatable bonds is 2. The minimum Gasteiger partial charge on any atom is -0.465 e. The van der Waals surface area contributed by atoms with E-state index < -0.39 is 12.1 Å². The van der Waals surface area contributed by atoms with Gasteiger partial charge in [-0.05, 0) is 30.7 Å². The van der Waals surface area contributed by atoms with E-state index >= 15 is 0 Å². The van der Waals surface area contributed by atoms with Gasteiger partial charge in [-0.15, -0.1) is 0 Å². The Bertz CT molecular complexity index is 388. The van der Waals surface area contributed by atoms with E-state index in [-0.39, 0.29) is 5.78 Å². The molecule has 0 bridgehead atoms. The maximum atomic E-state index is 12.1. The van der Waals surface area contributed by atoms with E-state index in [4.69, 9.17) is 5.11 Å². The Balaban J connectivity index is 2.17. The highest BCUT2D eigenvalue weighted by atomic mass is 32.1. The molecule has 1 aromatic heterocycles. The van der Waals surface area contributed by atoms with Crippen LogP contribution in [-0.2, 0) is 0 Å². The Labute approximate surface area is 97.5 Å². The number of Topliss-reactive ketones (excluding diaryl/α,β-unsaturated/α-hetero) is 1. The first-order valence-electron chi connectivity index (χ1n) is 5.26. The summed E-state index contributed by atoms with van der Waals surface area (Å²) < 4.78 is 0. The lowest BCUT2D eigenvalue weighted by atomic mass is 9.96. The molecule has 1 saturated heterocycles. The summed E-state index contributed by atoms with van der Waals surface area (Å²) in [5.74, 6) is -0.0663. The van der Waals surface area contributed by atoms with Crippen molar-refractivity contribution >= 4 is 23.2 Å². The first-order valence-corrected chi connectivity index (χ1v) is 6.20. The van der Waals surface area contributed by atoms with E-state index in [0.29, 0.717) is 18.5 Å². The van der Waals surface area contributed by atoms with Crippen molar-refractivity contribution in [2.75, 3.05) is 6.54 Å². The molecule has 0 aromatic carbocycles. The highest BCUT2D eigenvalue weighted by molar-refractivity contribution is 7.08. The van der Waals surface area contributed by atoms with Crippen molar-refractivity contribution in [2.24, 2.45) is 0 Å². The van der Waals surface area contributed by atoms with Crippen molar-refractivity contribution in [2.45, 2.75) is 25.3 Å². The van der Waals surface area contributed by atoms with Crippen LogP contribution < -0.4 is 0 Å². The minimum absolute atomic E-state index is 0.0663. The van der Waals surface area contributed by atoms with Crippen molar-refractivity contribution in [3.05, 3.63) is 22.4 Å². The molecule has 1 fully saturated rings. The summed E-state index contributed by atoms with van der Waals surface area (Å²) in [4.78, 5) is 24.4. The fourth-order valence-corrected chi connectivity index (χ4v) is 2.68. The first-order chi connectivity index (χ1) is 7.70. The van der Waals surface area contributed by atoms with Crippen LogP contribution in [0.15, 0.2) is 16.8 Å². The number of carbonyl (C=O) groups is 2. The number of carboxylic acid groups (broad SMARTS) is 1. The average molecular weight is 239 g/mol. The third-order valence-corrected chi connectivity index (χ3v) is 3.54. The predicted molar refractivity (Wildman–Crippen MR) is 61.0 cm³/mol. The van der Waals surface area contributed by atoms with Crippen LogP contribution in [0.5, 0.6) is 0 Å². The normalized spacial score (nSPS) is 20.8. The van der Waals surface area contributed by atoms with Gasteiger partial charge in [0, 0.05) is 17.5 Å². The Morgan fingerprint density at radius 1 is 1.44 bits per heavy atom. The number of thiophene rings is 1. The van der Waals surface area contributed by atoms with Crippen LogP contribution >= 0.6 is 11.3 Å². The molecule has 1 atom stereocenters. The molecule has 4 nitrogen and oxygen atoms in total. The van der Waals surface area contributed by atoms with E-state index in [1.807, 2.05) is 5.38 Å². The largest absolute Gasteiger partial charge is 0.465 e. The second-order valence-electron chi connectivity index (χ2n) is 3.86. The summed E-state index contributed by atoms with van der Waals surface area (Å²) in [6.07, 6.45) is 1.42. The molecule has 2 rings (SSSR count). The average Bonchev–Trinajstić information content (AvgIpc) is 2.81. The molecule has 0 radical (unpaired) electrons. The predicted octanol–water partition coefficient (Wildman–Crippen LogP) is 2.46. The zero-order valence-electron chi connectivity index (χ0n) is 8.76. The third kappa shape index (κ3) is 2.09. The summed E-state index contributed by atoms with van der Waals surface area (Å²) in [7, 11) is 0. The maximum Gasteiger partial charge on any atom is 0.407 e. The van der Waals surface area contributed by atoms with Gasteiger partial charge in [-0.1, -0.05) is 0 Å². The van der Waals surface area contributed by atoms with Crippen LogP contribution in [0, 0.1) is 0 Å². The van der Waals surface area contributed by atoms with E-state index in [9.17, 15) is 9.59 Å². The number of nitrogens with zero attached hydrogens (tertiary/aromatic N) is 1. The Morgan fingerprint density at radius 3 is 2.88 bits per heavy atom. The van der Waals surface area contributed by atoms with Crippen LogP contribution in [0.4, 0.5) is 4.79 Å². The first kappa shape index (κ1) is 11.1. The molecule has 1 N–H and O–H groups in total. The molecule has 1 aromatic rings. The van der Waals surface area contributed by atoms with Crippen LogP contribution in [-0.4, -0.2) is 34.5 Å². The second-order valence-corrected chi connectivity index (χ2v) is 4.64. The molecule has 86 valence electrons. The number of hydrogen-bond acceptors (Lipinski definition) is 3. The molecule has 0 spiro atoms. The van der Waals surface area contributed by atoms with Crippen LogP contribution in [0.2, 0.25) is 0 Å². The van der Waals surface area contributed by atoms with Crippen molar-refractivity contribution in [1.29, 1.82) is 0 Å². The molecule has 0 saturated carbocycles. The van der Waals surface area contributed by atoms with Gasteiger partial charge >= 0.3 is 6.09 Å². The smallest absolute Gasteiger partial charge is 0.407 e. The molecule has 1 aliphatic rings. The highest BCUT2D eigenvalue weighted by Gasteiger charge is 2.32. The van der Waals surface area contributed by atoms with Crippen molar-refractivity contribution < 1.29 is 14.7 Å². The third-order valence-electron chi connectivity index (χ3n) is 2.86. The highest BCUT2D eigenvalue weighted by Crippen LogP contribution is 2.21. The summed E-state index contributed by atoms with van der Waals surface area (Å²) in [5.41, 5.74) is 0.628. The molecule has 2 heterocycles. The van der Waals surface area contributed by atoms with Gasteiger partial charge in [-0.3, -0.25) is 9.69 Å². The summed E-state index contributed by atoms with van der Waals surface area (Å²) in [6.45, 7) is 0.468. The lowest BCUT2D eigenvalue weighted by molar-refractivity contribution is 0.0714. The molecular formula is C11H13NO3S. The summed E-state index contributed by atoms with van der Waals surface area (Å²) in [6, 6.07) is 1.27. The monoisotopic (exact) mass is 239 g/mol. The van der Waals surface area contributed by atoms with Crippen molar-refractivity contribution in [3.8, 4) is 0 Å². The van der Waals surface area contributed by atoms with Gasteiger partial charge in [0.1, 0.15) is 0 Å². The molecular weight excluding hydrogens is 226 g/mol. The number of hydrogen-bond donors (Lipinski definition) is 1. The molecule has 0 aliphatic carbocycles. The fourth-order valence-electron chi connectivity index (χ4n) is 2.03. The van der Waals surface area contributed by atoms with E-state index in [2.05, 4.69) is 0 Å². The Kier molecular flexibility index (Phi) is 3.24. The second kappa shape index (κ2) is 4.65. The lowest BCUT2D eigenvalue weighted by Crippen LogP contribution is -2.47. The van der Waals surface area contributed by atoms with Gasteiger partial charge in [0.25, 0.3) is 0 Å². The van der Waals surface area contributed by atoms with Gasteiger partial charge < -0.3 is 5.11 Å². The van der Waals surface area contributed by atoms with Gasteiger partial charge in [-0.2, -0.15) is 11.3 Å². The van der Waals surface area contributed by atoms with Crippen LogP contribution in [0.3, 0.4) is 0 Å². The summed E-state index contributed by atoms with van der Waals surface area (Å²) in [5, 5.41) is 12.6. The maximum absolute atomic E-state index is 12.1. The SMILES string of the molecule is O=C(c1ccsc1)C1CCCCN1C(=O)O. The summed E-state index contributed by atoms with van der Waals surface area (Å²) >= 11 is 1.45. The zero-order chi connectivity index (χ0) is 11.5. The molecule has 5 heteroatoms. The number of piperidine rings is 1. The van der Waals surface area contributed by atoms with Crippen molar-refractivity contribution in [3.63, 3.8) is 0 Å². The Morgan fingerprint density at radius 2 is 2.25 bits per heavy atom. The van der Waals surface area contributed by atoms with Crippen LogP contribution in [0.25, 0.3) is 0 Å². The van der Waals surface area contributed by atoms with Crippen LogP contribution in [0.1, 0.15) is 29.6 Å². The zero-order valence-corrected chi connectivity index (χ0v) is 9.57. The number of carbonyl (C=O) groups excluding carboxylic acids is 1. The Hall–Kier alpha value is -1.36. The van der Waals surface area contributed by atoms with Gasteiger partial charge in [0.2, 0.25) is 0 Å². The van der Waals surface area contributed by atoms with E-state index in [0.717, 1.165) is 12.8 Å². The molecule has 16 heavy (non-hydrogen) atoms. The minimum atomic E-state index is -0.992. The number of ketones is 1. The molecule has 1 unspecified atom stereocenters. The molecule has 1 amide bonds. The van der Waals surface area contributed by atoms with E-state index in [1.165, 1.54) is 16.2 Å². The number of likely N-dealkylation sites (tertiary alicyclic amines) is 1. The van der Waals surface area contributed by atoms with Gasteiger partial charge in [-0.25, -0.2) is 4.79 Å². The lowest BCUT2D eigenvalue weighted by Gasteiger charge is -2.32. The van der Waals surface area contributed by atoms with Gasteiger partial charge in [0.15, 0.2) is 5.78 Å². The number of amides is 1. The topological polar surface area (TPSA) is 57.6 Å². The van der Waals surface area contributed by atoms with E-state index in [1.54, 1.807) is 11.4 Å². The van der Waals surface area contributed by atoms with Crippen molar-refractivity contribution in [1.82, 2.24) is 4.90 Å². The molecule has 1 aliphatic heterocycles. The standard InChI is InChI=1S/C11H13NO3S/c13-10(8-4-6-16-7-8)9-3-1-2-5-12(9)11(14)15/h4,6-7,9H,1-3,5H2,(H,14,15). The quantitative estimate of drug-likeness (QED) is 0.806. The van der Waals surface area contributed by atoms with Gasteiger partial charge in [0.05, 0.1) is 6.04 Å².